The third kappa shape index (κ3) is 3.32. The van der Waals surface area contributed by atoms with Crippen LogP contribution < -0.4 is 0 Å². The first-order valence-electron chi connectivity index (χ1n) is 7.55. The summed E-state index contributed by atoms with van der Waals surface area (Å²) >= 11 is 0. The highest BCUT2D eigenvalue weighted by atomic mass is 35.5. The summed E-state index contributed by atoms with van der Waals surface area (Å²) < 4.78 is 0. The van der Waals surface area contributed by atoms with E-state index in [9.17, 15) is 0 Å². The van der Waals surface area contributed by atoms with Crippen molar-refractivity contribution in [1.82, 2.24) is 4.90 Å². The first-order chi connectivity index (χ1) is 8.73. The quantitative estimate of drug-likeness (QED) is 0.757. The Morgan fingerprint density at radius 2 is 1.47 bits per heavy atom. The van der Waals surface area contributed by atoms with Gasteiger partial charge in [-0.15, -0.1) is 12.4 Å². The van der Waals surface area contributed by atoms with Crippen LogP contribution in [0.4, 0.5) is 0 Å². The van der Waals surface area contributed by atoms with Crippen molar-refractivity contribution in [2.45, 2.75) is 58.4 Å². The Hall–Kier alpha value is -0.530. The molecule has 1 fully saturated rings. The number of benzene rings is 1. The van der Waals surface area contributed by atoms with E-state index in [2.05, 4.69) is 49.9 Å². The maximum atomic E-state index is 2.68. The van der Waals surface area contributed by atoms with E-state index in [1.165, 1.54) is 43.2 Å². The highest BCUT2D eigenvalue weighted by Crippen LogP contribution is 2.42. The summed E-state index contributed by atoms with van der Waals surface area (Å²) in [6, 6.07) is 9.27. The fourth-order valence-electron chi connectivity index (χ4n) is 3.62. The molecule has 0 aliphatic heterocycles. The molecule has 1 saturated carbocycles. The summed E-state index contributed by atoms with van der Waals surface area (Å²) in [5.41, 5.74) is 3.22. The molecular formula is C17H28ClN. The van der Waals surface area contributed by atoms with E-state index in [-0.39, 0.29) is 12.4 Å². The van der Waals surface area contributed by atoms with Crippen molar-refractivity contribution >= 4 is 12.4 Å². The van der Waals surface area contributed by atoms with Gasteiger partial charge in [-0.25, -0.2) is 0 Å². The summed E-state index contributed by atoms with van der Waals surface area (Å²) in [6.07, 6.45) is 6.83. The van der Waals surface area contributed by atoms with Crippen LogP contribution in [0.5, 0.6) is 0 Å². The lowest BCUT2D eigenvalue weighted by Gasteiger charge is -2.46. The summed E-state index contributed by atoms with van der Waals surface area (Å²) in [5.74, 6) is 0. The molecule has 0 aromatic heterocycles. The van der Waals surface area contributed by atoms with Gasteiger partial charge in [-0.1, -0.05) is 62.9 Å². The maximum Gasteiger partial charge on any atom is 0.0460 e. The number of nitrogens with zero attached hydrogens (tertiary/aromatic N) is 1. The SMILES string of the molecule is CCN(CC)C1(c2ccc(C)cc2)CCCCC1.Cl. The first kappa shape index (κ1) is 16.5. The van der Waals surface area contributed by atoms with Gasteiger partial charge in [-0.2, -0.15) is 0 Å². The summed E-state index contributed by atoms with van der Waals surface area (Å²) in [5, 5.41) is 0. The van der Waals surface area contributed by atoms with Crippen molar-refractivity contribution in [3.05, 3.63) is 35.4 Å². The van der Waals surface area contributed by atoms with Gasteiger partial charge in [0.2, 0.25) is 0 Å². The topological polar surface area (TPSA) is 3.24 Å². The maximum absolute atomic E-state index is 2.68. The van der Waals surface area contributed by atoms with Gasteiger partial charge in [-0.05, 0) is 38.4 Å². The number of hydrogen-bond acceptors (Lipinski definition) is 1. The van der Waals surface area contributed by atoms with E-state index in [0.717, 1.165) is 13.1 Å². The lowest BCUT2D eigenvalue weighted by molar-refractivity contribution is 0.0567. The van der Waals surface area contributed by atoms with Crippen LogP contribution in [0.3, 0.4) is 0 Å². The Labute approximate surface area is 124 Å². The van der Waals surface area contributed by atoms with Gasteiger partial charge in [0.1, 0.15) is 0 Å². The van der Waals surface area contributed by atoms with E-state index in [0.29, 0.717) is 5.54 Å². The molecule has 19 heavy (non-hydrogen) atoms. The van der Waals surface area contributed by atoms with Crippen LogP contribution >= 0.6 is 12.4 Å². The van der Waals surface area contributed by atoms with E-state index < -0.39 is 0 Å². The summed E-state index contributed by atoms with van der Waals surface area (Å²) in [6.45, 7) is 9.09. The molecule has 0 atom stereocenters. The van der Waals surface area contributed by atoms with Crippen LogP contribution in [0.15, 0.2) is 24.3 Å². The van der Waals surface area contributed by atoms with E-state index in [4.69, 9.17) is 0 Å². The van der Waals surface area contributed by atoms with Crippen molar-refractivity contribution < 1.29 is 0 Å². The largest absolute Gasteiger partial charge is 0.294 e. The molecule has 0 saturated heterocycles. The zero-order valence-corrected chi connectivity index (χ0v) is 13.4. The average Bonchev–Trinajstić information content (AvgIpc) is 2.42. The molecule has 0 bridgehead atoms. The number of rotatable bonds is 4. The van der Waals surface area contributed by atoms with Crippen molar-refractivity contribution in [3.63, 3.8) is 0 Å². The molecule has 1 aliphatic rings. The molecule has 0 N–H and O–H groups in total. The predicted octanol–water partition coefficient (Wildman–Crippen LogP) is 4.92. The Kier molecular flexibility index (Phi) is 6.35. The second-order valence-electron chi connectivity index (χ2n) is 5.63. The standard InChI is InChI=1S/C17H27N.ClH/c1-4-18(5-2)17(13-7-6-8-14-17)16-11-9-15(3)10-12-16;/h9-12H,4-8,13-14H2,1-3H3;1H. The van der Waals surface area contributed by atoms with E-state index in [1.807, 2.05) is 0 Å². The predicted molar refractivity (Wildman–Crippen MR) is 86.1 cm³/mol. The minimum absolute atomic E-state index is 0. The lowest BCUT2D eigenvalue weighted by atomic mass is 9.75. The monoisotopic (exact) mass is 281 g/mol. The van der Waals surface area contributed by atoms with Crippen LogP contribution in [-0.2, 0) is 5.54 Å². The normalized spacial score (nSPS) is 18.1. The molecule has 1 aromatic rings. The molecule has 1 nitrogen and oxygen atoms in total. The average molecular weight is 282 g/mol. The highest BCUT2D eigenvalue weighted by Gasteiger charge is 2.37. The minimum atomic E-state index is 0. The molecule has 0 unspecified atom stereocenters. The van der Waals surface area contributed by atoms with Gasteiger partial charge in [0.15, 0.2) is 0 Å². The van der Waals surface area contributed by atoms with Crippen LogP contribution in [-0.4, -0.2) is 18.0 Å². The van der Waals surface area contributed by atoms with Crippen LogP contribution in [0.25, 0.3) is 0 Å². The van der Waals surface area contributed by atoms with E-state index in [1.54, 1.807) is 0 Å². The smallest absolute Gasteiger partial charge is 0.0460 e. The summed E-state index contributed by atoms with van der Waals surface area (Å²) in [7, 11) is 0. The zero-order chi connectivity index (χ0) is 13.0. The van der Waals surface area contributed by atoms with Gasteiger partial charge in [-0.3, -0.25) is 4.90 Å². The Bertz CT molecular complexity index is 361. The Balaban J connectivity index is 0.00000180. The van der Waals surface area contributed by atoms with E-state index >= 15 is 0 Å². The molecule has 2 rings (SSSR count). The fraction of sp³-hybridized carbons (Fsp3) is 0.647. The molecule has 0 amide bonds. The van der Waals surface area contributed by atoms with Gasteiger partial charge in [0.25, 0.3) is 0 Å². The molecule has 1 aliphatic carbocycles. The fourth-order valence-corrected chi connectivity index (χ4v) is 3.62. The second kappa shape index (κ2) is 7.31. The highest BCUT2D eigenvalue weighted by molar-refractivity contribution is 5.85. The first-order valence-corrected chi connectivity index (χ1v) is 7.55. The Morgan fingerprint density at radius 1 is 0.947 bits per heavy atom. The molecule has 0 heterocycles. The molecular weight excluding hydrogens is 254 g/mol. The zero-order valence-electron chi connectivity index (χ0n) is 12.6. The molecule has 0 spiro atoms. The molecule has 0 radical (unpaired) electrons. The van der Waals surface area contributed by atoms with Crippen LogP contribution in [0, 0.1) is 6.92 Å². The third-order valence-corrected chi connectivity index (χ3v) is 4.64. The third-order valence-electron chi connectivity index (χ3n) is 4.64. The van der Waals surface area contributed by atoms with Gasteiger partial charge in [0, 0.05) is 5.54 Å². The van der Waals surface area contributed by atoms with Crippen LogP contribution in [0.2, 0.25) is 0 Å². The second-order valence-corrected chi connectivity index (χ2v) is 5.63. The lowest BCUT2D eigenvalue weighted by Crippen LogP contribution is -2.47. The molecule has 1 aromatic carbocycles. The van der Waals surface area contributed by atoms with Crippen LogP contribution in [0.1, 0.15) is 57.1 Å². The number of aryl methyl sites for hydroxylation is 1. The van der Waals surface area contributed by atoms with Crippen molar-refractivity contribution in [1.29, 1.82) is 0 Å². The number of hydrogen-bond donors (Lipinski definition) is 0. The Morgan fingerprint density at radius 3 is 1.95 bits per heavy atom. The van der Waals surface area contributed by atoms with Crippen molar-refractivity contribution in [2.24, 2.45) is 0 Å². The number of halogens is 1. The van der Waals surface area contributed by atoms with Crippen molar-refractivity contribution in [3.8, 4) is 0 Å². The van der Waals surface area contributed by atoms with Gasteiger partial charge < -0.3 is 0 Å². The van der Waals surface area contributed by atoms with Gasteiger partial charge >= 0.3 is 0 Å². The van der Waals surface area contributed by atoms with Gasteiger partial charge in [0.05, 0.1) is 0 Å². The van der Waals surface area contributed by atoms with Crippen molar-refractivity contribution in [2.75, 3.05) is 13.1 Å². The molecule has 2 heteroatoms. The summed E-state index contributed by atoms with van der Waals surface area (Å²) in [4.78, 5) is 2.68. The minimum Gasteiger partial charge on any atom is -0.294 e. The molecule has 108 valence electrons.